The predicted octanol–water partition coefficient (Wildman–Crippen LogP) is 1.67. The van der Waals surface area contributed by atoms with Crippen LogP contribution in [0.3, 0.4) is 0 Å². The third-order valence-corrected chi connectivity index (χ3v) is 5.38. The highest BCUT2D eigenvalue weighted by Gasteiger charge is 2.61. The van der Waals surface area contributed by atoms with Crippen LogP contribution < -0.4 is 0 Å². The second-order valence-corrected chi connectivity index (χ2v) is 6.63. The van der Waals surface area contributed by atoms with Gasteiger partial charge in [-0.2, -0.15) is 0 Å². The first-order valence-electron chi connectivity index (χ1n) is 5.22. The lowest BCUT2D eigenvalue weighted by Crippen LogP contribution is -2.36. The number of aliphatic hydroxyl groups excluding tert-OH is 1. The molecule has 2 rings (SSSR count). The Balaban J connectivity index is 2.39. The highest BCUT2D eigenvalue weighted by Crippen LogP contribution is 2.68. The second-order valence-electron chi connectivity index (χ2n) is 4.16. The van der Waals surface area contributed by atoms with Gasteiger partial charge in [-0.05, 0) is 12.5 Å². The second kappa shape index (κ2) is 4.19. The molecular formula is C11H15O5P. The first kappa shape index (κ1) is 12.7. The number of hydrogen-bond donors (Lipinski definition) is 2. The van der Waals surface area contributed by atoms with E-state index in [9.17, 15) is 14.8 Å². The Morgan fingerprint density at radius 1 is 1.41 bits per heavy atom. The molecule has 1 aromatic rings. The van der Waals surface area contributed by atoms with Gasteiger partial charge in [0.2, 0.25) is 0 Å². The Morgan fingerprint density at radius 3 is 2.47 bits per heavy atom. The smallest absolute Gasteiger partial charge is 0.364 e. The SMILES string of the molecule is CO[P@@]1(=O)O[C@@H](c2ccccc2)[C@H](O)[C@]1(C)O. The lowest BCUT2D eigenvalue weighted by molar-refractivity contribution is -0.0252. The van der Waals surface area contributed by atoms with Crippen molar-refractivity contribution in [2.75, 3.05) is 7.11 Å². The van der Waals surface area contributed by atoms with Crippen LogP contribution in [0.2, 0.25) is 0 Å². The maximum Gasteiger partial charge on any atom is 0.364 e. The average molecular weight is 258 g/mol. The van der Waals surface area contributed by atoms with Gasteiger partial charge in [0.25, 0.3) is 0 Å². The van der Waals surface area contributed by atoms with Crippen molar-refractivity contribution in [1.82, 2.24) is 0 Å². The molecule has 1 saturated heterocycles. The fourth-order valence-electron chi connectivity index (χ4n) is 1.88. The highest BCUT2D eigenvalue weighted by molar-refractivity contribution is 7.55. The summed E-state index contributed by atoms with van der Waals surface area (Å²) in [6.07, 6.45) is -2.15. The first-order chi connectivity index (χ1) is 7.92. The van der Waals surface area contributed by atoms with E-state index in [-0.39, 0.29) is 0 Å². The number of hydrogen-bond acceptors (Lipinski definition) is 5. The summed E-state index contributed by atoms with van der Waals surface area (Å²) in [6.45, 7) is 1.25. The number of rotatable bonds is 2. The number of benzene rings is 1. The van der Waals surface area contributed by atoms with E-state index in [4.69, 9.17) is 9.05 Å². The lowest BCUT2D eigenvalue weighted by atomic mass is 10.0. The summed E-state index contributed by atoms with van der Waals surface area (Å²) in [6, 6.07) is 8.83. The average Bonchev–Trinajstić information content (AvgIpc) is 2.52. The van der Waals surface area contributed by atoms with Gasteiger partial charge in [-0.1, -0.05) is 30.3 Å². The van der Waals surface area contributed by atoms with Crippen molar-refractivity contribution in [1.29, 1.82) is 0 Å². The van der Waals surface area contributed by atoms with Gasteiger partial charge in [0.05, 0.1) is 0 Å². The standard InChI is InChI=1S/C11H15O5P/c1-11(13)10(12)9(16-17(11,14)15-2)8-6-4-3-5-7-8/h3-7,9-10,12-13H,1-2H3/t9-,10-,11+,17+/m0/s1. The minimum Gasteiger partial charge on any atom is -0.386 e. The van der Waals surface area contributed by atoms with Crippen LogP contribution in [0.25, 0.3) is 0 Å². The van der Waals surface area contributed by atoms with Crippen LogP contribution in [-0.4, -0.2) is 28.8 Å². The van der Waals surface area contributed by atoms with Crippen LogP contribution in [0.1, 0.15) is 18.6 Å². The molecule has 1 heterocycles. The highest BCUT2D eigenvalue weighted by atomic mass is 31.2. The normalized spacial score (nSPS) is 41.6. The maximum atomic E-state index is 12.2. The molecule has 1 aliphatic heterocycles. The van der Waals surface area contributed by atoms with Crippen LogP contribution in [0.15, 0.2) is 30.3 Å². The van der Waals surface area contributed by atoms with Gasteiger partial charge in [-0.15, -0.1) is 0 Å². The topological polar surface area (TPSA) is 76.0 Å². The molecule has 4 atom stereocenters. The van der Waals surface area contributed by atoms with Gasteiger partial charge in [0.15, 0.2) is 5.34 Å². The molecule has 0 radical (unpaired) electrons. The summed E-state index contributed by atoms with van der Waals surface area (Å²) in [7, 11) is -2.54. The molecule has 0 aliphatic carbocycles. The quantitative estimate of drug-likeness (QED) is 0.789. The third kappa shape index (κ3) is 1.84. The van der Waals surface area contributed by atoms with Crippen molar-refractivity contribution in [2.24, 2.45) is 0 Å². The van der Waals surface area contributed by atoms with Crippen LogP contribution in [-0.2, 0) is 13.6 Å². The van der Waals surface area contributed by atoms with E-state index in [0.29, 0.717) is 5.56 Å². The van der Waals surface area contributed by atoms with Crippen LogP contribution >= 0.6 is 7.60 Å². The zero-order valence-corrected chi connectivity index (χ0v) is 10.5. The molecule has 5 nitrogen and oxygen atoms in total. The minimum absolute atomic E-state index is 0.648. The minimum atomic E-state index is -3.73. The molecule has 0 bridgehead atoms. The summed E-state index contributed by atoms with van der Waals surface area (Å²) < 4.78 is 22.2. The molecule has 17 heavy (non-hydrogen) atoms. The molecule has 0 unspecified atom stereocenters. The van der Waals surface area contributed by atoms with Crippen molar-refractivity contribution in [3.8, 4) is 0 Å². The van der Waals surface area contributed by atoms with Crippen molar-refractivity contribution in [2.45, 2.75) is 24.5 Å². The van der Waals surface area contributed by atoms with E-state index in [0.717, 1.165) is 0 Å². The van der Waals surface area contributed by atoms with Crippen molar-refractivity contribution in [3.05, 3.63) is 35.9 Å². The van der Waals surface area contributed by atoms with Crippen LogP contribution in [0.4, 0.5) is 0 Å². The summed E-state index contributed by atoms with van der Waals surface area (Å²) in [5, 5.41) is 18.2. The fourth-order valence-corrected chi connectivity index (χ4v) is 3.54. The zero-order chi connectivity index (χ0) is 12.7. The Labute approximate surface area is 99.5 Å². The summed E-state index contributed by atoms with van der Waals surface area (Å²) in [5.41, 5.74) is 0.648. The third-order valence-electron chi connectivity index (χ3n) is 3.02. The largest absolute Gasteiger partial charge is 0.386 e. The molecule has 1 aromatic carbocycles. The van der Waals surface area contributed by atoms with Gasteiger partial charge >= 0.3 is 7.60 Å². The van der Waals surface area contributed by atoms with Crippen LogP contribution in [0, 0.1) is 0 Å². The molecule has 1 aliphatic rings. The molecule has 0 aromatic heterocycles. The molecule has 1 fully saturated rings. The van der Waals surface area contributed by atoms with Gasteiger partial charge in [0, 0.05) is 7.11 Å². The van der Waals surface area contributed by atoms with Gasteiger partial charge in [-0.3, -0.25) is 9.09 Å². The fraction of sp³-hybridized carbons (Fsp3) is 0.455. The summed E-state index contributed by atoms with van der Waals surface area (Å²) >= 11 is 0. The first-order valence-corrected chi connectivity index (χ1v) is 6.76. The molecule has 6 heteroatoms. The molecule has 94 valence electrons. The zero-order valence-electron chi connectivity index (χ0n) is 9.61. The van der Waals surface area contributed by atoms with E-state index in [1.165, 1.54) is 14.0 Å². The molecule has 0 saturated carbocycles. The van der Waals surface area contributed by atoms with Crippen molar-refractivity contribution < 1.29 is 23.8 Å². The molecule has 2 N–H and O–H groups in total. The van der Waals surface area contributed by atoms with E-state index >= 15 is 0 Å². The van der Waals surface area contributed by atoms with Crippen LogP contribution in [0.5, 0.6) is 0 Å². The van der Waals surface area contributed by atoms with E-state index < -0.39 is 25.1 Å². The summed E-state index contributed by atoms with van der Waals surface area (Å²) in [5.74, 6) is 0. The maximum absolute atomic E-state index is 12.2. The van der Waals surface area contributed by atoms with Crippen molar-refractivity contribution >= 4 is 7.60 Å². The molecule has 0 spiro atoms. The number of aliphatic hydroxyl groups is 2. The monoisotopic (exact) mass is 258 g/mol. The molecular weight excluding hydrogens is 243 g/mol. The Hall–Kier alpha value is -0.710. The molecule has 0 amide bonds. The van der Waals surface area contributed by atoms with Gasteiger partial charge in [-0.25, -0.2) is 0 Å². The summed E-state index contributed by atoms with van der Waals surface area (Å²) in [4.78, 5) is 0. The lowest BCUT2D eigenvalue weighted by Gasteiger charge is -2.24. The van der Waals surface area contributed by atoms with Gasteiger partial charge in [0.1, 0.15) is 12.2 Å². The van der Waals surface area contributed by atoms with Crippen molar-refractivity contribution in [3.63, 3.8) is 0 Å². The van der Waals surface area contributed by atoms with E-state index in [2.05, 4.69) is 0 Å². The Bertz CT molecular complexity index is 444. The van der Waals surface area contributed by atoms with E-state index in [1.54, 1.807) is 24.3 Å². The Morgan fingerprint density at radius 2 is 2.00 bits per heavy atom. The van der Waals surface area contributed by atoms with Gasteiger partial charge < -0.3 is 14.7 Å². The predicted molar refractivity (Wildman–Crippen MR) is 61.5 cm³/mol. The van der Waals surface area contributed by atoms with E-state index in [1.807, 2.05) is 6.07 Å². The Kier molecular flexibility index (Phi) is 3.14.